The molecular weight excluding hydrogens is 272 g/mol. The first-order valence-electron chi connectivity index (χ1n) is 4.70. The number of alkyl halides is 1. The molecule has 0 saturated carbocycles. The molecule has 0 unspecified atom stereocenters. The second-order valence-corrected chi connectivity index (χ2v) is 4.34. The third kappa shape index (κ3) is 2.61. The summed E-state index contributed by atoms with van der Waals surface area (Å²) in [6.45, 7) is 0. The van der Waals surface area contributed by atoms with Crippen LogP contribution in [0.15, 0.2) is 48.5 Å². The van der Waals surface area contributed by atoms with Crippen molar-refractivity contribution in [1.29, 1.82) is 0 Å². The minimum absolute atomic E-state index is 0.775. The van der Waals surface area contributed by atoms with Crippen molar-refractivity contribution >= 4 is 27.5 Å². The van der Waals surface area contributed by atoms with Crippen LogP contribution in [0, 0.1) is 0 Å². The lowest BCUT2D eigenvalue weighted by Crippen LogP contribution is -1.80. The van der Waals surface area contributed by atoms with E-state index in [1.54, 1.807) is 0 Å². The first-order chi connectivity index (χ1) is 7.29. The molecule has 0 amide bonds. The molecule has 2 aromatic carbocycles. The molecule has 2 rings (SSSR count). The van der Waals surface area contributed by atoms with Crippen molar-refractivity contribution in [2.75, 3.05) is 0 Å². The van der Waals surface area contributed by atoms with Crippen LogP contribution in [0.3, 0.4) is 0 Å². The second kappa shape index (κ2) is 4.82. The maximum Gasteiger partial charge on any atom is 0.0412 e. The normalized spacial score (nSPS) is 10.3. The van der Waals surface area contributed by atoms with E-state index in [0.29, 0.717) is 0 Å². The summed E-state index contributed by atoms with van der Waals surface area (Å²) in [5, 5.41) is 1.67. The molecule has 0 saturated heterocycles. The van der Waals surface area contributed by atoms with Crippen molar-refractivity contribution in [1.82, 2.24) is 0 Å². The zero-order chi connectivity index (χ0) is 10.7. The van der Waals surface area contributed by atoms with Crippen LogP contribution < -0.4 is 0 Å². The van der Waals surface area contributed by atoms with Crippen LogP contribution in [0.4, 0.5) is 0 Å². The molecule has 2 heteroatoms. The molecule has 0 heterocycles. The zero-order valence-electron chi connectivity index (χ0n) is 8.08. The van der Waals surface area contributed by atoms with Crippen molar-refractivity contribution in [3.8, 4) is 11.1 Å². The van der Waals surface area contributed by atoms with E-state index in [4.69, 9.17) is 11.6 Å². The molecular formula is C13H10BrCl. The van der Waals surface area contributed by atoms with E-state index in [-0.39, 0.29) is 0 Å². The van der Waals surface area contributed by atoms with Gasteiger partial charge in [-0.2, -0.15) is 0 Å². The Labute approximate surface area is 103 Å². The molecule has 0 spiro atoms. The second-order valence-electron chi connectivity index (χ2n) is 3.34. The lowest BCUT2D eigenvalue weighted by Gasteiger charge is -2.03. The third-order valence-electron chi connectivity index (χ3n) is 2.27. The van der Waals surface area contributed by atoms with Gasteiger partial charge in [0.15, 0.2) is 0 Å². The summed E-state index contributed by atoms with van der Waals surface area (Å²) >= 11 is 9.37. The molecule has 0 N–H and O–H groups in total. The van der Waals surface area contributed by atoms with Crippen molar-refractivity contribution in [3.63, 3.8) is 0 Å². The van der Waals surface area contributed by atoms with Crippen LogP contribution in [0.25, 0.3) is 11.1 Å². The number of hydrogen-bond donors (Lipinski definition) is 0. The summed E-state index contributed by atoms with van der Waals surface area (Å²) in [6, 6.07) is 16.4. The molecule has 0 bridgehead atoms. The summed E-state index contributed by atoms with van der Waals surface area (Å²) in [5.74, 6) is 0. The first kappa shape index (κ1) is 10.7. The van der Waals surface area contributed by atoms with Gasteiger partial charge in [0.2, 0.25) is 0 Å². The van der Waals surface area contributed by atoms with Gasteiger partial charge in [-0.25, -0.2) is 0 Å². The highest BCUT2D eigenvalue weighted by atomic mass is 79.9. The minimum Gasteiger partial charge on any atom is -0.0876 e. The molecule has 0 fully saturated rings. The molecule has 0 atom stereocenters. The fourth-order valence-corrected chi connectivity index (χ4v) is 2.02. The van der Waals surface area contributed by atoms with Gasteiger partial charge >= 0.3 is 0 Å². The summed E-state index contributed by atoms with van der Waals surface area (Å²) in [6.07, 6.45) is 0. The van der Waals surface area contributed by atoms with E-state index < -0.39 is 0 Å². The van der Waals surface area contributed by atoms with Crippen molar-refractivity contribution in [2.45, 2.75) is 5.33 Å². The number of halogens is 2. The van der Waals surface area contributed by atoms with Crippen molar-refractivity contribution in [3.05, 3.63) is 59.1 Å². The summed E-state index contributed by atoms with van der Waals surface area (Å²) in [4.78, 5) is 0. The molecule has 0 nitrogen and oxygen atoms in total. The Hall–Kier alpha value is -0.790. The SMILES string of the molecule is Clc1cccc(-c2ccc(CBr)cc2)c1. The van der Waals surface area contributed by atoms with Gasteiger partial charge in [-0.1, -0.05) is 63.9 Å². The van der Waals surface area contributed by atoms with E-state index in [1.165, 1.54) is 11.1 Å². The fourth-order valence-electron chi connectivity index (χ4n) is 1.45. The monoisotopic (exact) mass is 280 g/mol. The maximum absolute atomic E-state index is 5.95. The van der Waals surface area contributed by atoms with Crippen LogP contribution in [0.1, 0.15) is 5.56 Å². The molecule has 0 aromatic heterocycles. The van der Waals surface area contributed by atoms with Crippen LogP contribution in [0.5, 0.6) is 0 Å². The van der Waals surface area contributed by atoms with Crippen LogP contribution in [-0.4, -0.2) is 0 Å². The lowest BCUT2D eigenvalue weighted by atomic mass is 10.0. The molecule has 0 aliphatic carbocycles. The molecule has 2 aromatic rings. The fraction of sp³-hybridized carbons (Fsp3) is 0.0769. The van der Waals surface area contributed by atoms with Crippen molar-refractivity contribution < 1.29 is 0 Å². The van der Waals surface area contributed by atoms with Gasteiger partial charge in [-0.05, 0) is 28.8 Å². The summed E-state index contributed by atoms with van der Waals surface area (Å²) in [7, 11) is 0. The largest absolute Gasteiger partial charge is 0.0876 e. The Bertz CT molecular complexity index is 448. The van der Waals surface area contributed by atoms with Gasteiger partial charge in [-0.15, -0.1) is 0 Å². The quantitative estimate of drug-likeness (QED) is 0.687. The highest BCUT2D eigenvalue weighted by molar-refractivity contribution is 9.08. The van der Waals surface area contributed by atoms with Crippen LogP contribution in [0.2, 0.25) is 5.02 Å². The van der Waals surface area contributed by atoms with Gasteiger partial charge in [0.1, 0.15) is 0 Å². The van der Waals surface area contributed by atoms with Gasteiger partial charge in [0, 0.05) is 10.4 Å². The Morgan fingerprint density at radius 3 is 2.27 bits per heavy atom. The third-order valence-corrected chi connectivity index (χ3v) is 3.15. The smallest absolute Gasteiger partial charge is 0.0412 e. The average Bonchev–Trinajstić information content (AvgIpc) is 2.29. The Balaban J connectivity index is 2.37. The standard InChI is InChI=1S/C13H10BrCl/c14-9-10-4-6-11(7-5-10)12-2-1-3-13(15)8-12/h1-8H,9H2. The number of benzene rings is 2. The number of hydrogen-bond acceptors (Lipinski definition) is 0. The Morgan fingerprint density at radius 2 is 1.67 bits per heavy atom. The van der Waals surface area contributed by atoms with Gasteiger partial charge in [0.05, 0.1) is 0 Å². The molecule has 0 radical (unpaired) electrons. The van der Waals surface area contributed by atoms with Gasteiger partial charge in [0.25, 0.3) is 0 Å². The molecule has 0 aliphatic rings. The van der Waals surface area contributed by atoms with E-state index in [2.05, 4.69) is 46.3 Å². The number of rotatable bonds is 2. The van der Waals surface area contributed by atoms with E-state index in [0.717, 1.165) is 15.9 Å². The van der Waals surface area contributed by atoms with Crippen LogP contribution in [-0.2, 0) is 5.33 Å². The molecule has 15 heavy (non-hydrogen) atoms. The zero-order valence-corrected chi connectivity index (χ0v) is 10.4. The predicted octanol–water partition coefficient (Wildman–Crippen LogP) is 4.90. The lowest BCUT2D eigenvalue weighted by molar-refractivity contribution is 1.44. The average molecular weight is 282 g/mol. The van der Waals surface area contributed by atoms with E-state index >= 15 is 0 Å². The molecule has 76 valence electrons. The van der Waals surface area contributed by atoms with E-state index in [9.17, 15) is 0 Å². The van der Waals surface area contributed by atoms with Crippen molar-refractivity contribution in [2.24, 2.45) is 0 Å². The Kier molecular flexibility index (Phi) is 3.45. The predicted molar refractivity (Wildman–Crippen MR) is 69.5 cm³/mol. The Morgan fingerprint density at radius 1 is 0.933 bits per heavy atom. The summed E-state index contributed by atoms with van der Waals surface area (Å²) in [5.41, 5.74) is 3.63. The highest BCUT2D eigenvalue weighted by Crippen LogP contribution is 2.23. The summed E-state index contributed by atoms with van der Waals surface area (Å²) < 4.78 is 0. The van der Waals surface area contributed by atoms with Crippen LogP contribution >= 0.6 is 27.5 Å². The maximum atomic E-state index is 5.95. The first-order valence-corrected chi connectivity index (χ1v) is 6.20. The topological polar surface area (TPSA) is 0 Å². The van der Waals surface area contributed by atoms with E-state index in [1.807, 2.05) is 18.2 Å². The minimum atomic E-state index is 0.775. The van der Waals surface area contributed by atoms with Gasteiger partial charge < -0.3 is 0 Å². The van der Waals surface area contributed by atoms with Gasteiger partial charge in [-0.3, -0.25) is 0 Å². The highest BCUT2D eigenvalue weighted by Gasteiger charge is 1.98. The molecule has 0 aliphatic heterocycles.